The summed E-state index contributed by atoms with van der Waals surface area (Å²) in [6, 6.07) is 10.4. The van der Waals surface area contributed by atoms with Crippen molar-refractivity contribution in [3.63, 3.8) is 0 Å². The zero-order valence-corrected chi connectivity index (χ0v) is 10.7. The zero-order chi connectivity index (χ0) is 14.7. The fraction of sp³-hybridized carbons (Fsp3) is 0.0667. The SMILES string of the molecule is Cc1cccc(C(=O)Nc2ccc([O-])cc2C(=O)O)c1. The Labute approximate surface area is 115 Å². The number of carbonyl (C=O) groups excluding carboxylic acids is 1. The first-order chi connectivity index (χ1) is 9.47. The van der Waals surface area contributed by atoms with Crippen LogP contribution in [0.25, 0.3) is 0 Å². The second-order valence-electron chi connectivity index (χ2n) is 4.34. The Kier molecular flexibility index (Phi) is 3.70. The molecule has 0 atom stereocenters. The van der Waals surface area contributed by atoms with E-state index in [9.17, 15) is 14.7 Å². The van der Waals surface area contributed by atoms with Crippen molar-refractivity contribution < 1.29 is 19.8 Å². The summed E-state index contributed by atoms with van der Waals surface area (Å²) in [5.74, 6) is -2.10. The second kappa shape index (κ2) is 5.44. The topological polar surface area (TPSA) is 89.5 Å². The van der Waals surface area contributed by atoms with E-state index in [1.165, 1.54) is 12.1 Å². The molecule has 0 aliphatic heterocycles. The fourth-order valence-corrected chi connectivity index (χ4v) is 1.79. The van der Waals surface area contributed by atoms with Crippen LogP contribution in [0.3, 0.4) is 0 Å². The van der Waals surface area contributed by atoms with Crippen molar-refractivity contribution in [2.24, 2.45) is 0 Å². The van der Waals surface area contributed by atoms with Crippen molar-refractivity contribution in [2.45, 2.75) is 6.92 Å². The number of hydrogen-bond acceptors (Lipinski definition) is 3. The third-order valence-corrected chi connectivity index (χ3v) is 2.75. The number of amides is 1. The lowest BCUT2D eigenvalue weighted by Crippen LogP contribution is -2.15. The van der Waals surface area contributed by atoms with E-state index in [0.717, 1.165) is 11.6 Å². The molecule has 0 bridgehead atoms. The predicted octanol–water partition coefficient (Wildman–Crippen LogP) is 2.02. The van der Waals surface area contributed by atoms with E-state index in [1.807, 2.05) is 13.0 Å². The van der Waals surface area contributed by atoms with E-state index in [0.29, 0.717) is 5.56 Å². The Morgan fingerprint density at radius 3 is 2.55 bits per heavy atom. The Balaban J connectivity index is 2.30. The molecule has 0 fully saturated rings. The van der Waals surface area contributed by atoms with Crippen molar-refractivity contribution in [1.29, 1.82) is 0 Å². The molecule has 0 unspecified atom stereocenters. The molecular formula is C15H12NO4-. The standard InChI is InChI=1S/C15H13NO4/c1-9-3-2-4-10(7-9)14(18)16-13-6-5-11(17)8-12(13)15(19)20/h2-8,17H,1H3,(H,16,18)(H,19,20)/p-1. The van der Waals surface area contributed by atoms with Gasteiger partial charge in [-0.15, -0.1) is 5.75 Å². The minimum absolute atomic E-state index is 0.101. The molecule has 0 spiro atoms. The van der Waals surface area contributed by atoms with Crippen LogP contribution >= 0.6 is 0 Å². The maximum absolute atomic E-state index is 12.0. The first kappa shape index (κ1) is 13.6. The van der Waals surface area contributed by atoms with E-state index in [-0.39, 0.29) is 11.3 Å². The molecule has 2 rings (SSSR count). The molecule has 5 nitrogen and oxygen atoms in total. The highest BCUT2D eigenvalue weighted by Gasteiger charge is 2.13. The summed E-state index contributed by atoms with van der Waals surface area (Å²) in [6.07, 6.45) is 0. The number of nitrogens with one attached hydrogen (secondary N) is 1. The summed E-state index contributed by atoms with van der Waals surface area (Å²) in [6.45, 7) is 1.85. The van der Waals surface area contributed by atoms with Gasteiger partial charge in [-0.25, -0.2) is 4.79 Å². The highest BCUT2D eigenvalue weighted by atomic mass is 16.4. The van der Waals surface area contributed by atoms with Crippen LogP contribution in [-0.2, 0) is 0 Å². The van der Waals surface area contributed by atoms with Gasteiger partial charge in [-0.3, -0.25) is 4.79 Å². The van der Waals surface area contributed by atoms with Crippen LogP contribution in [0.5, 0.6) is 5.75 Å². The molecule has 0 saturated heterocycles. The number of carboxylic acids is 1. The summed E-state index contributed by atoms with van der Waals surface area (Å²) in [5.41, 5.74) is 1.22. The summed E-state index contributed by atoms with van der Waals surface area (Å²) in [7, 11) is 0. The van der Waals surface area contributed by atoms with Gasteiger partial charge in [0.15, 0.2) is 0 Å². The van der Waals surface area contributed by atoms with Crippen LogP contribution in [0.4, 0.5) is 5.69 Å². The Morgan fingerprint density at radius 1 is 1.15 bits per heavy atom. The maximum Gasteiger partial charge on any atom is 0.337 e. The van der Waals surface area contributed by atoms with Crippen LogP contribution in [0, 0.1) is 6.92 Å². The molecule has 1 amide bonds. The first-order valence-electron chi connectivity index (χ1n) is 5.90. The van der Waals surface area contributed by atoms with Gasteiger partial charge in [-0.05, 0) is 25.1 Å². The van der Waals surface area contributed by atoms with Crippen LogP contribution in [0.15, 0.2) is 42.5 Å². The Morgan fingerprint density at radius 2 is 1.90 bits per heavy atom. The van der Waals surface area contributed by atoms with Crippen molar-refractivity contribution in [1.82, 2.24) is 0 Å². The molecule has 5 heteroatoms. The number of carboxylic acid groups (broad SMARTS) is 1. The molecule has 0 aliphatic carbocycles. The van der Waals surface area contributed by atoms with Gasteiger partial charge in [0.2, 0.25) is 0 Å². The quantitative estimate of drug-likeness (QED) is 0.892. The Bertz CT molecular complexity index is 679. The third-order valence-electron chi connectivity index (χ3n) is 2.75. The van der Waals surface area contributed by atoms with Crippen molar-refractivity contribution in [3.05, 3.63) is 59.2 Å². The zero-order valence-electron chi connectivity index (χ0n) is 10.7. The molecule has 20 heavy (non-hydrogen) atoms. The number of aromatic carboxylic acids is 1. The van der Waals surface area contributed by atoms with Gasteiger partial charge >= 0.3 is 5.97 Å². The summed E-state index contributed by atoms with van der Waals surface area (Å²) < 4.78 is 0. The molecule has 0 aromatic heterocycles. The molecular weight excluding hydrogens is 258 g/mol. The molecule has 0 saturated carbocycles. The van der Waals surface area contributed by atoms with E-state index in [4.69, 9.17) is 5.11 Å². The lowest BCUT2D eigenvalue weighted by molar-refractivity contribution is -0.268. The van der Waals surface area contributed by atoms with Gasteiger partial charge in [-0.1, -0.05) is 29.8 Å². The van der Waals surface area contributed by atoms with E-state index in [2.05, 4.69) is 5.32 Å². The monoisotopic (exact) mass is 270 g/mol. The van der Waals surface area contributed by atoms with Crippen molar-refractivity contribution in [3.8, 4) is 5.75 Å². The number of hydrogen-bond donors (Lipinski definition) is 2. The van der Waals surface area contributed by atoms with Gasteiger partial charge in [-0.2, -0.15) is 0 Å². The van der Waals surface area contributed by atoms with Crippen LogP contribution < -0.4 is 10.4 Å². The third kappa shape index (κ3) is 2.95. The number of rotatable bonds is 3. The largest absolute Gasteiger partial charge is 0.872 e. The van der Waals surface area contributed by atoms with Gasteiger partial charge in [0, 0.05) is 5.56 Å². The molecule has 2 N–H and O–H groups in total. The lowest BCUT2D eigenvalue weighted by atomic mass is 10.1. The Hall–Kier alpha value is -2.82. The molecule has 0 radical (unpaired) electrons. The number of benzene rings is 2. The predicted molar refractivity (Wildman–Crippen MR) is 72.0 cm³/mol. The molecule has 2 aromatic rings. The minimum Gasteiger partial charge on any atom is -0.872 e. The van der Waals surface area contributed by atoms with Crippen LogP contribution in [0.1, 0.15) is 26.3 Å². The number of carbonyl (C=O) groups is 2. The van der Waals surface area contributed by atoms with E-state index >= 15 is 0 Å². The van der Waals surface area contributed by atoms with E-state index in [1.54, 1.807) is 18.2 Å². The van der Waals surface area contributed by atoms with E-state index < -0.39 is 17.6 Å². The smallest absolute Gasteiger partial charge is 0.337 e. The lowest BCUT2D eigenvalue weighted by Gasteiger charge is -2.12. The molecule has 102 valence electrons. The van der Waals surface area contributed by atoms with Crippen molar-refractivity contribution in [2.75, 3.05) is 5.32 Å². The van der Waals surface area contributed by atoms with Gasteiger partial charge in [0.25, 0.3) is 5.91 Å². The first-order valence-corrected chi connectivity index (χ1v) is 5.90. The number of aryl methyl sites for hydroxylation is 1. The molecule has 2 aromatic carbocycles. The van der Waals surface area contributed by atoms with Crippen molar-refractivity contribution >= 4 is 17.6 Å². The second-order valence-corrected chi connectivity index (χ2v) is 4.34. The summed E-state index contributed by atoms with van der Waals surface area (Å²) >= 11 is 0. The molecule has 0 aliphatic rings. The fourth-order valence-electron chi connectivity index (χ4n) is 1.79. The highest BCUT2D eigenvalue weighted by molar-refractivity contribution is 6.07. The van der Waals surface area contributed by atoms with Gasteiger partial charge in [0.05, 0.1) is 11.3 Å². The van der Waals surface area contributed by atoms with Crippen LogP contribution in [0.2, 0.25) is 0 Å². The normalized spacial score (nSPS) is 10.1. The van der Waals surface area contributed by atoms with Gasteiger partial charge < -0.3 is 15.5 Å². The highest BCUT2D eigenvalue weighted by Crippen LogP contribution is 2.20. The average molecular weight is 270 g/mol. The summed E-state index contributed by atoms with van der Waals surface area (Å²) in [5, 5.41) is 22.7. The summed E-state index contributed by atoms with van der Waals surface area (Å²) in [4.78, 5) is 23.1. The van der Waals surface area contributed by atoms with Crippen LogP contribution in [-0.4, -0.2) is 17.0 Å². The van der Waals surface area contributed by atoms with Gasteiger partial charge in [0.1, 0.15) is 0 Å². The molecule has 0 heterocycles. The average Bonchev–Trinajstić information content (AvgIpc) is 2.40. The number of anilines is 1. The maximum atomic E-state index is 12.0. The minimum atomic E-state index is -1.26.